The normalized spacial score (nSPS) is 10.3. The molecule has 2 aromatic rings. The summed E-state index contributed by atoms with van der Waals surface area (Å²) < 4.78 is 10.8. The van der Waals surface area contributed by atoms with E-state index in [1.165, 1.54) is 19.2 Å². The van der Waals surface area contributed by atoms with Crippen LogP contribution in [0.15, 0.2) is 42.5 Å². The molecule has 0 aliphatic carbocycles. The van der Waals surface area contributed by atoms with Crippen molar-refractivity contribution in [2.45, 2.75) is 13.2 Å². The smallest absolute Gasteiger partial charge is 0.337 e. The number of hydrogen-bond donors (Lipinski definition) is 2. The molecule has 0 saturated carbocycles. The lowest BCUT2D eigenvalue weighted by atomic mass is 10.1. The number of benzene rings is 2. The third kappa shape index (κ3) is 3.73. The first kappa shape index (κ1) is 14.9. The number of carbonyl (C=O) groups is 1. The molecular formula is C16H17NO4. The van der Waals surface area contributed by atoms with Crippen molar-refractivity contribution >= 4 is 11.7 Å². The van der Waals surface area contributed by atoms with Crippen molar-refractivity contribution in [2.24, 2.45) is 0 Å². The standard InChI is InChI=1S/C16H17NO4/c1-20-10-12-7-13(16(18)19)14(17)8-15(12)21-9-11-5-3-2-4-6-11/h2-8H,9-10,17H2,1H3,(H,18,19). The van der Waals surface area contributed by atoms with Crippen LogP contribution in [-0.4, -0.2) is 18.2 Å². The highest BCUT2D eigenvalue weighted by Gasteiger charge is 2.14. The monoisotopic (exact) mass is 287 g/mol. The minimum absolute atomic E-state index is 0.0501. The second-order valence-electron chi connectivity index (χ2n) is 4.56. The highest BCUT2D eigenvalue weighted by molar-refractivity contribution is 5.94. The fraction of sp³-hybridized carbons (Fsp3) is 0.188. The molecule has 0 bridgehead atoms. The summed E-state index contributed by atoms with van der Waals surface area (Å²) in [6.45, 7) is 0.633. The van der Waals surface area contributed by atoms with Gasteiger partial charge in [-0.15, -0.1) is 0 Å². The minimum atomic E-state index is -1.07. The Morgan fingerprint density at radius 3 is 2.52 bits per heavy atom. The van der Waals surface area contributed by atoms with E-state index < -0.39 is 5.97 Å². The summed E-state index contributed by atoms with van der Waals surface area (Å²) in [5.74, 6) is -0.539. The number of aromatic carboxylic acids is 1. The van der Waals surface area contributed by atoms with Crippen LogP contribution in [0, 0.1) is 0 Å². The second-order valence-corrected chi connectivity index (χ2v) is 4.56. The largest absolute Gasteiger partial charge is 0.488 e. The molecule has 110 valence electrons. The van der Waals surface area contributed by atoms with Crippen molar-refractivity contribution in [3.05, 3.63) is 59.2 Å². The average molecular weight is 287 g/mol. The van der Waals surface area contributed by atoms with Gasteiger partial charge in [0.2, 0.25) is 0 Å². The number of nitrogen functional groups attached to an aromatic ring is 1. The summed E-state index contributed by atoms with van der Waals surface area (Å²) in [6, 6.07) is 12.7. The van der Waals surface area contributed by atoms with Gasteiger partial charge in [-0.2, -0.15) is 0 Å². The van der Waals surface area contributed by atoms with E-state index in [1.54, 1.807) is 0 Å². The van der Waals surface area contributed by atoms with Crippen molar-refractivity contribution in [1.29, 1.82) is 0 Å². The lowest BCUT2D eigenvalue weighted by molar-refractivity contribution is 0.0697. The van der Waals surface area contributed by atoms with Crippen LogP contribution in [0.25, 0.3) is 0 Å². The molecule has 0 aromatic heterocycles. The molecule has 0 atom stereocenters. The van der Waals surface area contributed by atoms with Gasteiger partial charge in [-0.25, -0.2) is 4.79 Å². The maximum Gasteiger partial charge on any atom is 0.337 e. The van der Waals surface area contributed by atoms with Gasteiger partial charge in [0.25, 0.3) is 0 Å². The molecule has 0 heterocycles. The molecule has 5 nitrogen and oxygen atoms in total. The zero-order valence-corrected chi connectivity index (χ0v) is 11.7. The molecule has 5 heteroatoms. The second kappa shape index (κ2) is 6.76. The Bertz CT molecular complexity index is 626. The van der Waals surface area contributed by atoms with Crippen molar-refractivity contribution in [2.75, 3.05) is 12.8 Å². The SMILES string of the molecule is COCc1cc(C(=O)O)c(N)cc1OCc1ccccc1. The van der Waals surface area contributed by atoms with E-state index in [0.29, 0.717) is 17.9 Å². The summed E-state index contributed by atoms with van der Waals surface area (Å²) in [5, 5.41) is 9.10. The van der Waals surface area contributed by atoms with E-state index >= 15 is 0 Å². The Kier molecular flexibility index (Phi) is 4.79. The number of methoxy groups -OCH3 is 1. The predicted molar refractivity (Wildman–Crippen MR) is 79.3 cm³/mol. The van der Waals surface area contributed by atoms with Gasteiger partial charge in [0.1, 0.15) is 12.4 Å². The van der Waals surface area contributed by atoms with Crippen LogP contribution in [0.5, 0.6) is 5.75 Å². The number of carboxylic acids is 1. The summed E-state index contributed by atoms with van der Waals surface area (Å²) in [5.41, 5.74) is 7.64. The van der Waals surface area contributed by atoms with E-state index in [9.17, 15) is 4.79 Å². The first-order valence-corrected chi connectivity index (χ1v) is 6.43. The zero-order chi connectivity index (χ0) is 15.2. The van der Waals surface area contributed by atoms with Crippen LogP contribution in [0.4, 0.5) is 5.69 Å². The van der Waals surface area contributed by atoms with Crippen molar-refractivity contribution in [1.82, 2.24) is 0 Å². The maximum atomic E-state index is 11.1. The van der Waals surface area contributed by atoms with Crippen LogP contribution in [-0.2, 0) is 18.0 Å². The molecule has 21 heavy (non-hydrogen) atoms. The summed E-state index contributed by atoms with van der Waals surface area (Å²) in [6.07, 6.45) is 0. The van der Waals surface area contributed by atoms with Crippen LogP contribution in [0.2, 0.25) is 0 Å². The van der Waals surface area contributed by atoms with Crippen molar-refractivity contribution < 1.29 is 19.4 Å². The number of rotatable bonds is 6. The van der Waals surface area contributed by atoms with E-state index in [2.05, 4.69) is 0 Å². The molecule has 0 fully saturated rings. The van der Waals surface area contributed by atoms with Crippen LogP contribution < -0.4 is 10.5 Å². The van der Waals surface area contributed by atoms with Gasteiger partial charge in [0.05, 0.1) is 12.2 Å². The highest BCUT2D eigenvalue weighted by Crippen LogP contribution is 2.27. The number of carboxylic acid groups (broad SMARTS) is 1. The average Bonchev–Trinajstić information content (AvgIpc) is 2.48. The topological polar surface area (TPSA) is 81.8 Å². The summed E-state index contributed by atoms with van der Waals surface area (Å²) in [4.78, 5) is 11.1. The molecule has 0 aliphatic heterocycles. The number of anilines is 1. The third-order valence-corrected chi connectivity index (χ3v) is 3.00. The van der Waals surface area contributed by atoms with Crippen LogP contribution in [0.1, 0.15) is 21.5 Å². The Balaban J connectivity index is 2.25. The van der Waals surface area contributed by atoms with E-state index in [0.717, 1.165) is 5.56 Å². The van der Waals surface area contributed by atoms with Crippen molar-refractivity contribution in [3.63, 3.8) is 0 Å². The van der Waals surface area contributed by atoms with Gasteiger partial charge >= 0.3 is 5.97 Å². The quantitative estimate of drug-likeness (QED) is 0.798. The van der Waals surface area contributed by atoms with Crippen LogP contribution >= 0.6 is 0 Å². The van der Waals surface area contributed by atoms with Crippen LogP contribution in [0.3, 0.4) is 0 Å². The Morgan fingerprint density at radius 1 is 1.19 bits per heavy atom. The highest BCUT2D eigenvalue weighted by atomic mass is 16.5. The molecule has 0 aliphatic rings. The van der Waals surface area contributed by atoms with Gasteiger partial charge in [-0.1, -0.05) is 30.3 Å². The number of hydrogen-bond acceptors (Lipinski definition) is 4. The first-order chi connectivity index (χ1) is 10.1. The molecule has 2 rings (SSSR count). The maximum absolute atomic E-state index is 11.1. The van der Waals surface area contributed by atoms with Gasteiger partial charge in [-0.3, -0.25) is 0 Å². The lowest BCUT2D eigenvalue weighted by Crippen LogP contribution is -2.07. The summed E-state index contributed by atoms with van der Waals surface area (Å²) >= 11 is 0. The fourth-order valence-corrected chi connectivity index (χ4v) is 1.96. The van der Waals surface area contributed by atoms with Gasteiger partial charge in [-0.05, 0) is 11.6 Å². The zero-order valence-electron chi connectivity index (χ0n) is 11.7. The predicted octanol–water partition coefficient (Wildman–Crippen LogP) is 2.69. The summed E-state index contributed by atoms with van der Waals surface area (Å²) in [7, 11) is 1.54. The molecule has 0 saturated heterocycles. The molecular weight excluding hydrogens is 270 g/mol. The van der Waals surface area contributed by atoms with Gasteiger partial charge < -0.3 is 20.3 Å². The Labute approximate surface area is 122 Å². The molecule has 0 radical (unpaired) electrons. The number of ether oxygens (including phenoxy) is 2. The molecule has 3 N–H and O–H groups in total. The third-order valence-electron chi connectivity index (χ3n) is 3.00. The molecule has 0 amide bonds. The van der Waals surface area contributed by atoms with Gasteiger partial charge in [0, 0.05) is 24.4 Å². The number of nitrogens with two attached hydrogens (primary N) is 1. The lowest BCUT2D eigenvalue weighted by Gasteiger charge is -2.13. The van der Waals surface area contributed by atoms with E-state index in [-0.39, 0.29) is 17.9 Å². The van der Waals surface area contributed by atoms with E-state index in [4.69, 9.17) is 20.3 Å². The van der Waals surface area contributed by atoms with E-state index in [1.807, 2.05) is 30.3 Å². The Hall–Kier alpha value is -2.53. The van der Waals surface area contributed by atoms with Crippen molar-refractivity contribution in [3.8, 4) is 5.75 Å². The molecule has 0 unspecified atom stereocenters. The fourth-order valence-electron chi connectivity index (χ4n) is 1.96. The Morgan fingerprint density at radius 2 is 1.90 bits per heavy atom. The molecule has 0 spiro atoms. The minimum Gasteiger partial charge on any atom is -0.488 e. The molecule has 2 aromatic carbocycles. The van der Waals surface area contributed by atoms with Gasteiger partial charge in [0.15, 0.2) is 0 Å². The first-order valence-electron chi connectivity index (χ1n) is 6.43.